The van der Waals surface area contributed by atoms with Crippen molar-refractivity contribution >= 4 is 0 Å². The lowest BCUT2D eigenvalue weighted by molar-refractivity contribution is 0.583. The van der Waals surface area contributed by atoms with E-state index in [2.05, 4.69) is 24.3 Å². The molecule has 0 amide bonds. The summed E-state index contributed by atoms with van der Waals surface area (Å²) in [6, 6.07) is 23.1. The molecule has 0 spiro atoms. The maximum absolute atomic E-state index is 5.59. The zero-order valence-corrected chi connectivity index (χ0v) is 9.26. The third kappa shape index (κ3) is 1.87. The molecule has 1 radical (unpaired) electrons. The van der Waals surface area contributed by atoms with Crippen molar-refractivity contribution in [1.82, 2.24) is 0 Å². The van der Waals surface area contributed by atoms with Crippen LogP contribution in [0.25, 0.3) is 22.5 Å². The molecule has 0 aliphatic carbocycles. The molecule has 0 aliphatic rings. The normalized spacial score (nSPS) is 10.4. The van der Waals surface area contributed by atoms with E-state index in [1.54, 1.807) is 6.26 Å². The summed E-state index contributed by atoms with van der Waals surface area (Å²) in [5, 5.41) is 0. The molecule has 17 heavy (non-hydrogen) atoms. The van der Waals surface area contributed by atoms with Crippen LogP contribution in [0.2, 0.25) is 0 Å². The zero-order valence-electron chi connectivity index (χ0n) is 9.26. The van der Waals surface area contributed by atoms with E-state index >= 15 is 0 Å². The first kappa shape index (κ1) is 9.91. The van der Waals surface area contributed by atoms with Gasteiger partial charge in [0.1, 0.15) is 5.76 Å². The van der Waals surface area contributed by atoms with Crippen molar-refractivity contribution in [3.63, 3.8) is 0 Å². The summed E-state index contributed by atoms with van der Waals surface area (Å²) >= 11 is 0. The molecular formula is C16H11O. The molecule has 0 atom stereocenters. The number of hydrogen-bond acceptors (Lipinski definition) is 1. The molecule has 3 rings (SSSR count). The topological polar surface area (TPSA) is 13.1 Å². The summed E-state index contributed by atoms with van der Waals surface area (Å²) in [5.74, 6) is 0.908. The molecule has 1 aromatic heterocycles. The predicted molar refractivity (Wildman–Crippen MR) is 68.4 cm³/mol. The maximum Gasteiger partial charge on any atom is 0.141 e. The molecule has 0 unspecified atom stereocenters. The van der Waals surface area contributed by atoms with Gasteiger partial charge in [-0.25, -0.2) is 0 Å². The Kier molecular flexibility index (Phi) is 2.51. The quantitative estimate of drug-likeness (QED) is 0.622. The van der Waals surface area contributed by atoms with Crippen molar-refractivity contribution in [2.24, 2.45) is 0 Å². The third-order valence-electron chi connectivity index (χ3n) is 2.72. The summed E-state index contributed by atoms with van der Waals surface area (Å²) in [6.07, 6.45) is 1.73. The summed E-state index contributed by atoms with van der Waals surface area (Å²) < 4.78 is 5.59. The summed E-state index contributed by atoms with van der Waals surface area (Å²) in [5.41, 5.74) is 3.32. The van der Waals surface area contributed by atoms with Crippen LogP contribution in [-0.2, 0) is 0 Å². The molecule has 0 bridgehead atoms. The van der Waals surface area contributed by atoms with E-state index in [4.69, 9.17) is 4.42 Å². The van der Waals surface area contributed by atoms with E-state index in [9.17, 15) is 0 Å². The SMILES string of the molecule is [c]1cccc(-c2ccoc2-c2ccccc2)c1. The molecule has 81 valence electrons. The van der Waals surface area contributed by atoms with Crippen molar-refractivity contribution in [1.29, 1.82) is 0 Å². The molecule has 1 heteroatoms. The number of rotatable bonds is 2. The Bertz CT molecular complexity index is 540. The first-order valence-corrected chi connectivity index (χ1v) is 5.54. The summed E-state index contributed by atoms with van der Waals surface area (Å²) in [6.45, 7) is 0. The molecule has 1 nitrogen and oxygen atoms in total. The highest BCUT2D eigenvalue weighted by Crippen LogP contribution is 2.32. The first-order chi connectivity index (χ1) is 8.45. The summed E-state index contributed by atoms with van der Waals surface area (Å²) in [7, 11) is 0. The second-order valence-electron chi connectivity index (χ2n) is 3.82. The van der Waals surface area contributed by atoms with Gasteiger partial charge in [-0.2, -0.15) is 0 Å². The molecule has 0 fully saturated rings. The number of benzene rings is 2. The van der Waals surface area contributed by atoms with E-state index < -0.39 is 0 Å². The van der Waals surface area contributed by atoms with Gasteiger partial charge in [0.2, 0.25) is 0 Å². The molecule has 0 aliphatic heterocycles. The molecule has 0 saturated heterocycles. The number of hydrogen-bond donors (Lipinski definition) is 0. The molecule has 1 heterocycles. The van der Waals surface area contributed by atoms with Gasteiger partial charge in [-0.05, 0) is 23.8 Å². The maximum atomic E-state index is 5.59. The van der Waals surface area contributed by atoms with Crippen molar-refractivity contribution in [2.75, 3.05) is 0 Å². The van der Waals surface area contributed by atoms with Crippen LogP contribution in [0, 0.1) is 6.07 Å². The molecule has 0 saturated carbocycles. The highest BCUT2D eigenvalue weighted by Gasteiger charge is 2.09. The Labute approximate surface area is 100 Å². The summed E-state index contributed by atoms with van der Waals surface area (Å²) in [4.78, 5) is 0. The Balaban J connectivity index is 2.13. The van der Waals surface area contributed by atoms with Gasteiger partial charge in [0.25, 0.3) is 0 Å². The van der Waals surface area contributed by atoms with Crippen LogP contribution >= 0.6 is 0 Å². The fraction of sp³-hybridized carbons (Fsp3) is 0. The van der Waals surface area contributed by atoms with Gasteiger partial charge in [0, 0.05) is 11.1 Å². The Morgan fingerprint density at radius 2 is 1.65 bits per heavy atom. The molecular weight excluding hydrogens is 208 g/mol. The van der Waals surface area contributed by atoms with E-state index in [-0.39, 0.29) is 0 Å². The highest BCUT2D eigenvalue weighted by atomic mass is 16.3. The van der Waals surface area contributed by atoms with Gasteiger partial charge >= 0.3 is 0 Å². The molecule has 0 N–H and O–H groups in total. The fourth-order valence-corrected chi connectivity index (χ4v) is 1.91. The van der Waals surface area contributed by atoms with Crippen molar-refractivity contribution in [3.05, 3.63) is 73.0 Å². The average Bonchev–Trinajstić information content (AvgIpc) is 2.90. The second-order valence-corrected chi connectivity index (χ2v) is 3.82. The first-order valence-electron chi connectivity index (χ1n) is 5.54. The predicted octanol–water partition coefficient (Wildman–Crippen LogP) is 4.41. The minimum atomic E-state index is 0.908. The highest BCUT2D eigenvalue weighted by molar-refractivity contribution is 5.79. The van der Waals surface area contributed by atoms with Gasteiger partial charge in [0.15, 0.2) is 0 Å². The Morgan fingerprint density at radius 3 is 2.41 bits per heavy atom. The van der Waals surface area contributed by atoms with E-state index in [0.717, 1.165) is 22.5 Å². The van der Waals surface area contributed by atoms with Gasteiger partial charge in [0.05, 0.1) is 6.26 Å². The monoisotopic (exact) mass is 219 g/mol. The average molecular weight is 219 g/mol. The fourth-order valence-electron chi connectivity index (χ4n) is 1.91. The molecule has 2 aromatic carbocycles. The minimum Gasteiger partial charge on any atom is -0.464 e. The van der Waals surface area contributed by atoms with Gasteiger partial charge in [-0.1, -0.05) is 48.5 Å². The van der Waals surface area contributed by atoms with Crippen molar-refractivity contribution < 1.29 is 4.42 Å². The smallest absolute Gasteiger partial charge is 0.141 e. The van der Waals surface area contributed by atoms with Crippen LogP contribution in [0.4, 0.5) is 0 Å². The van der Waals surface area contributed by atoms with Gasteiger partial charge in [-0.3, -0.25) is 0 Å². The van der Waals surface area contributed by atoms with Gasteiger partial charge < -0.3 is 4.42 Å². The zero-order chi connectivity index (χ0) is 11.5. The van der Waals surface area contributed by atoms with Crippen molar-refractivity contribution in [3.8, 4) is 22.5 Å². The van der Waals surface area contributed by atoms with Gasteiger partial charge in [-0.15, -0.1) is 0 Å². The van der Waals surface area contributed by atoms with Crippen LogP contribution in [0.3, 0.4) is 0 Å². The minimum absolute atomic E-state index is 0.908. The Hall–Kier alpha value is -2.28. The van der Waals surface area contributed by atoms with E-state index in [1.165, 1.54) is 0 Å². The third-order valence-corrected chi connectivity index (χ3v) is 2.72. The van der Waals surface area contributed by atoms with Crippen LogP contribution in [0.5, 0.6) is 0 Å². The van der Waals surface area contributed by atoms with Crippen LogP contribution in [0.1, 0.15) is 0 Å². The van der Waals surface area contributed by atoms with Crippen LogP contribution in [-0.4, -0.2) is 0 Å². The largest absolute Gasteiger partial charge is 0.464 e. The van der Waals surface area contributed by atoms with E-state index in [1.807, 2.05) is 42.5 Å². The lowest BCUT2D eigenvalue weighted by atomic mass is 10.0. The van der Waals surface area contributed by atoms with E-state index in [0.29, 0.717) is 0 Å². The van der Waals surface area contributed by atoms with Crippen LogP contribution < -0.4 is 0 Å². The lowest BCUT2D eigenvalue weighted by Crippen LogP contribution is -1.79. The lowest BCUT2D eigenvalue weighted by Gasteiger charge is -2.02. The standard InChI is InChI=1S/C16H11O/c1-3-7-13(8-4-1)15-11-12-17-16(15)14-9-5-2-6-10-14/h1-3,5-12H. The second kappa shape index (κ2) is 4.30. The molecule has 3 aromatic rings. The Morgan fingerprint density at radius 1 is 0.824 bits per heavy atom. The van der Waals surface area contributed by atoms with Crippen molar-refractivity contribution in [2.45, 2.75) is 0 Å². The van der Waals surface area contributed by atoms with Crippen LogP contribution in [0.15, 0.2) is 71.3 Å². The number of furan rings is 1.